The molecule has 0 amide bonds. The predicted octanol–water partition coefficient (Wildman–Crippen LogP) is 3.28. The summed E-state index contributed by atoms with van der Waals surface area (Å²) in [5.74, 6) is 1.23. The zero-order valence-electron chi connectivity index (χ0n) is 10.3. The lowest BCUT2D eigenvalue weighted by atomic mass is 10.2. The molecular formula is C12H15ClN4S. The van der Waals surface area contributed by atoms with Crippen molar-refractivity contribution in [2.24, 2.45) is 0 Å². The first-order valence-electron chi connectivity index (χ1n) is 5.68. The highest BCUT2D eigenvalue weighted by atomic mass is 35.5. The Hall–Kier alpha value is -1.33. The number of halogens is 1. The highest BCUT2D eigenvalue weighted by molar-refractivity contribution is 7.09. The summed E-state index contributed by atoms with van der Waals surface area (Å²) in [7, 11) is 1.78. The van der Waals surface area contributed by atoms with Gasteiger partial charge >= 0.3 is 0 Å². The second-order valence-corrected chi connectivity index (χ2v) is 5.41. The number of rotatable bonds is 5. The Balaban J connectivity index is 2.04. The third kappa shape index (κ3) is 3.34. The van der Waals surface area contributed by atoms with Gasteiger partial charge in [0.05, 0.1) is 6.20 Å². The number of hydrogen-bond acceptors (Lipinski definition) is 5. The van der Waals surface area contributed by atoms with Gasteiger partial charge in [-0.05, 0) is 18.4 Å². The molecule has 1 atom stereocenters. The van der Waals surface area contributed by atoms with E-state index in [2.05, 4.69) is 45.0 Å². The van der Waals surface area contributed by atoms with Gasteiger partial charge in [0, 0.05) is 24.4 Å². The zero-order valence-corrected chi connectivity index (χ0v) is 11.8. The van der Waals surface area contributed by atoms with Gasteiger partial charge in [-0.1, -0.05) is 17.7 Å². The van der Waals surface area contributed by atoms with E-state index in [1.807, 2.05) is 0 Å². The molecule has 6 heteroatoms. The molecule has 0 saturated carbocycles. The lowest BCUT2D eigenvalue weighted by Crippen LogP contribution is -2.19. The maximum atomic E-state index is 6.07. The molecule has 96 valence electrons. The molecule has 0 bridgehead atoms. The smallest absolute Gasteiger partial charge is 0.224 e. The molecule has 2 rings (SSSR count). The fourth-order valence-electron chi connectivity index (χ4n) is 1.60. The molecule has 0 saturated heterocycles. The van der Waals surface area contributed by atoms with Gasteiger partial charge in [0.2, 0.25) is 5.95 Å². The third-order valence-corrected chi connectivity index (χ3v) is 3.61. The quantitative estimate of drug-likeness (QED) is 0.884. The third-order valence-electron chi connectivity index (χ3n) is 2.44. The van der Waals surface area contributed by atoms with E-state index in [1.165, 1.54) is 4.88 Å². The second kappa shape index (κ2) is 6.02. The van der Waals surface area contributed by atoms with E-state index in [1.54, 1.807) is 24.6 Å². The maximum absolute atomic E-state index is 6.07. The Kier molecular flexibility index (Phi) is 4.38. The van der Waals surface area contributed by atoms with Crippen LogP contribution in [0.2, 0.25) is 5.02 Å². The fourth-order valence-corrected chi connectivity index (χ4v) is 2.58. The highest BCUT2D eigenvalue weighted by Gasteiger charge is 2.09. The van der Waals surface area contributed by atoms with Crippen molar-refractivity contribution in [3.63, 3.8) is 0 Å². The van der Waals surface area contributed by atoms with Gasteiger partial charge < -0.3 is 10.6 Å². The molecule has 0 aliphatic heterocycles. The first kappa shape index (κ1) is 13.1. The van der Waals surface area contributed by atoms with Gasteiger partial charge in [-0.2, -0.15) is 4.98 Å². The number of hydrogen-bond donors (Lipinski definition) is 2. The summed E-state index contributed by atoms with van der Waals surface area (Å²) in [6.45, 7) is 2.11. The van der Waals surface area contributed by atoms with Crippen LogP contribution in [0.4, 0.5) is 11.8 Å². The minimum Gasteiger partial charge on any atom is -0.366 e. The van der Waals surface area contributed by atoms with Crippen LogP contribution in [0.25, 0.3) is 0 Å². The average molecular weight is 283 g/mol. The van der Waals surface area contributed by atoms with Crippen LogP contribution < -0.4 is 10.6 Å². The van der Waals surface area contributed by atoms with E-state index in [0.29, 0.717) is 16.8 Å². The molecule has 2 N–H and O–H groups in total. The van der Waals surface area contributed by atoms with Crippen LogP contribution in [0.15, 0.2) is 23.7 Å². The SMILES string of the molecule is CNc1ncc(Cl)c(NC(C)Cc2cccs2)n1. The summed E-state index contributed by atoms with van der Waals surface area (Å²) in [4.78, 5) is 9.69. The Morgan fingerprint density at radius 2 is 2.33 bits per heavy atom. The van der Waals surface area contributed by atoms with Crippen LogP contribution >= 0.6 is 22.9 Å². The maximum Gasteiger partial charge on any atom is 0.224 e. The number of nitrogens with one attached hydrogen (secondary N) is 2. The van der Waals surface area contributed by atoms with E-state index in [-0.39, 0.29) is 6.04 Å². The molecule has 0 aromatic carbocycles. The molecule has 0 aliphatic rings. The standard InChI is InChI=1S/C12H15ClN4S/c1-8(6-9-4-3-5-18-9)16-11-10(13)7-15-12(14-2)17-11/h3-5,7-8H,6H2,1-2H3,(H2,14,15,16,17). The van der Waals surface area contributed by atoms with Crippen LogP contribution in [-0.4, -0.2) is 23.1 Å². The lowest BCUT2D eigenvalue weighted by molar-refractivity contribution is 0.794. The van der Waals surface area contributed by atoms with Crippen molar-refractivity contribution in [2.45, 2.75) is 19.4 Å². The number of nitrogens with zero attached hydrogens (tertiary/aromatic N) is 2. The molecule has 18 heavy (non-hydrogen) atoms. The fraction of sp³-hybridized carbons (Fsp3) is 0.333. The van der Waals surface area contributed by atoms with Crippen LogP contribution in [0.1, 0.15) is 11.8 Å². The topological polar surface area (TPSA) is 49.8 Å². The Labute approximate surface area is 115 Å². The lowest BCUT2D eigenvalue weighted by Gasteiger charge is -2.15. The van der Waals surface area contributed by atoms with Gasteiger partial charge in [-0.15, -0.1) is 11.3 Å². The van der Waals surface area contributed by atoms with Crippen LogP contribution in [-0.2, 0) is 6.42 Å². The van der Waals surface area contributed by atoms with Gasteiger partial charge in [-0.3, -0.25) is 0 Å². The number of anilines is 2. The molecule has 0 radical (unpaired) electrons. The van der Waals surface area contributed by atoms with E-state index >= 15 is 0 Å². The summed E-state index contributed by atoms with van der Waals surface area (Å²) >= 11 is 7.82. The number of aromatic nitrogens is 2. The molecule has 2 aromatic rings. The van der Waals surface area contributed by atoms with Crippen molar-refractivity contribution in [1.82, 2.24) is 9.97 Å². The van der Waals surface area contributed by atoms with E-state index in [4.69, 9.17) is 11.6 Å². The largest absolute Gasteiger partial charge is 0.366 e. The van der Waals surface area contributed by atoms with E-state index in [0.717, 1.165) is 6.42 Å². The number of thiophene rings is 1. The zero-order chi connectivity index (χ0) is 13.0. The van der Waals surface area contributed by atoms with E-state index < -0.39 is 0 Å². The average Bonchev–Trinajstić information content (AvgIpc) is 2.84. The van der Waals surface area contributed by atoms with Crippen LogP contribution in [0.3, 0.4) is 0 Å². The summed E-state index contributed by atoms with van der Waals surface area (Å²) in [5.41, 5.74) is 0. The van der Waals surface area contributed by atoms with Crippen molar-refractivity contribution in [1.29, 1.82) is 0 Å². The van der Waals surface area contributed by atoms with E-state index in [9.17, 15) is 0 Å². The minimum absolute atomic E-state index is 0.265. The normalized spacial score (nSPS) is 12.2. The first-order chi connectivity index (χ1) is 8.69. The monoisotopic (exact) mass is 282 g/mol. The highest BCUT2D eigenvalue weighted by Crippen LogP contribution is 2.21. The van der Waals surface area contributed by atoms with Crippen molar-refractivity contribution in [3.8, 4) is 0 Å². The predicted molar refractivity (Wildman–Crippen MR) is 77.7 cm³/mol. The summed E-state index contributed by atoms with van der Waals surface area (Å²) in [5, 5.41) is 8.82. The van der Waals surface area contributed by atoms with Gasteiger partial charge in [0.1, 0.15) is 5.02 Å². The van der Waals surface area contributed by atoms with Gasteiger partial charge in [-0.25, -0.2) is 4.98 Å². The molecule has 0 spiro atoms. The molecule has 2 heterocycles. The molecule has 1 unspecified atom stereocenters. The summed E-state index contributed by atoms with van der Waals surface area (Å²) < 4.78 is 0. The molecule has 0 aliphatic carbocycles. The van der Waals surface area contributed by atoms with Gasteiger partial charge in [0.25, 0.3) is 0 Å². The van der Waals surface area contributed by atoms with Crippen molar-refractivity contribution in [3.05, 3.63) is 33.6 Å². The Morgan fingerprint density at radius 3 is 3.00 bits per heavy atom. The van der Waals surface area contributed by atoms with Crippen molar-refractivity contribution < 1.29 is 0 Å². The second-order valence-electron chi connectivity index (χ2n) is 3.97. The Bertz CT molecular complexity index is 501. The van der Waals surface area contributed by atoms with Gasteiger partial charge in [0.15, 0.2) is 5.82 Å². The minimum atomic E-state index is 0.265. The first-order valence-corrected chi connectivity index (χ1v) is 6.94. The summed E-state index contributed by atoms with van der Waals surface area (Å²) in [6.07, 6.45) is 2.55. The van der Waals surface area contributed by atoms with Crippen LogP contribution in [0.5, 0.6) is 0 Å². The van der Waals surface area contributed by atoms with Crippen molar-refractivity contribution >= 4 is 34.7 Å². The molecule has 0 fully saturated rings. The molecular weight excluding hydrogens is 268 g/mol. The Morgan fingerprint density at radius 1 is 1.50 bits per heavy atom. The summed E-state index contributed by atoms with van der Waals surface area (Å²) in [6, 6.07) is 4.45. The van der Waals surface area contributed by atoms with Crippen molar-refractivity contribution in [2.75, 3.05) is 17.7 Å². The molecule has 2 aromatic heterocycles. The molecule has 4 nitrogen and oxygen atoms in total. The van der Waals surface area contributed by atoms with Crippen LogP contribution in [0, 0.1) is 0 Å².